The minimum atomic E-state index is -1.08. The summed E-state index contributed by atoms with van der Waals surface area (Å²) in [5.41, 5.74) is 5.66. The molecule has 3 N–H and O–H groups in total. The van der Waals surface area contributed by atoms with Crippen molar-refractivity contribution in [3.63, 3.8) is 0 Å². The molecule has 0 radical (unpaired) electrons. The first-order valence-corrected chi connectivity index (χ1v) is 11.1. The first-order chi connectivity index (χ1) is 16.4. The van der Waals surface area contributed by atoms with Gasteiger partial charge in [0.05, 0.1) is 5.56 Å². The molecule has 34 heavy (non-hydrogen) atoms. The van der Waals surface area contributed by atoms with Gasteiger partial charge in [0, 0.05) is 11.6 Å². The zero-order valence-electron chi connectivity index (χ0n) is 19.0. The molecule has 0 heterocycles. The lowest BCUT2D eigenvalue weighted by molar-refractivity contribution is -0.118. The third-order valence-corrected chi connectivity index (χ3v) is 6.10. The van der Waals surface area contributed by atoms with E-state index in [4.69, 9.17) is 4.74 Å². The number of aromatic carboxylic acids is 1. The number of amides is 2. The lowest BCUT2D eigenvalue weighted by Gasteiger charge is -2.19. The Morgan fingerprint density at radius 1 is 0.971 bits per heavy atom. The maximum absolute atomic E-state index is 12.8. The van der Waals surface area contributed by atoms with Gasteiger partial charge in [-0.15, -0.1) is 0 Å². The zero-order chi connectivity index (χ0) is 24.2. The van der Waals surface area contributed by atoms with Crippen LogP contribution in [0.15, 0.2) is 66.7 Å². The molecule has 174 valence electrons. The summed E-state index contributed by atoms with van der Waals surface area (Å²) in [6, 6.07) is 19.8. The molecule has 4 rings (SSSR count). The van der Waals surface area contributed by atoms with Crippen LogP contribution in [0.25, 0.3) is 11.1 Å². The maximum atomic E-state index is 12.8. The molecule has 1 aliphatic rings. The van der Waals surface area contributed by atoms with Crippen LogP contribution in [0.5, 0.6) is 0 Å². The summed E-state index contributed by atoms with van der Waals surface area (Å²) >= 11 is 0. The highest BCUT2D eigenvalue weighted by Crippen LogP contribution is 2.44. The summed E-state index contributed by atoms with van der Waals surface area (Å²) in [5, 5.41) is 14.5. The highest BCUT2D eigenvalue weighted by molar-refractivity contribution is 5.98. The Bertz CT molecular complexity index is 1210. The fourth-order valence-corrected chi connectivity index (χ4v) is 4.24. The molecule has 3 aromatic carbocycles. The highest BCUT2D eigenvalue weighted by Gasteiger charge is 2.29. The van der Waals surface area contributed by atoms with Gasteiger partial charge in [0.15, 0.2) is 0 Å². The van der Waals surface area contributed by atoms with Crippen LogP contribution < -0.4 is 10.6 Å². The number of aryl methyl sites for hydroxylation is 1. The lowest BCUT2D eigenvalue weighted by atomic mass is 9.98. The van der Waals surface area contributed by atoms with Gasteiger partial charge >= 0.3 is 12.1 Å². The predicted molar refractivity (Wildman–Crippen MR) is 129 cm³/mol. The summed E-state index contributed by atoms with van der Waals surface area (Å²) in [5.74, 6) is -1.60. The molecule has 1 unspecified atom stereocenters. The topological polar surface area (TPSA) is 105 Å². The number of ether oxygens (including phenoxy) is 1. The second kappa shape index (κ2) is 9.79. The second-order valence-corrected chi connectivity index (χ2v) is 8.25. The summed E-state index contributed by atoms with van der Waals surface area (Å²) in [6.07, 6.45) is -0.340. The predicted octanol–water partition coefficient (Wildman–Crippen LogP) is 4.95. The minimum absolute atomic E-state index is 0.0680. The van der Waals surface area contributed by atoms with Crippen LogP contribution in [0.4, 0.5) is 10.5 Å². The maximum Gasteiger partial charge on any atom is 0.407 e. The van der Waals surface area contributed by atoms with E-state index in [-0.39, 0.29) is 18.1 Å². The third kappa shape index (κ3) is 4.64. The number of hydrogen-bond donors (Lipinski definition) is 3. The first-order valence-electron chi connectivity index (χ1n) is 11.1. The van der Waals surface area contributed by atoms with Crippen LogP contribution in [-0.2, 0) is 9.53 Å². The Morgan fingerprint density at radius 2 is 1.59 bits per heavy atom. The molecule has 0 saturated heterocycles. The molecular weight excluding hydrogens is 432 g/mol. The molecule has 1 aliphatic carbocycles. The van der Waals surface area contributed by atoms with Crippen LogP contribution in [0, 0.1) is 6.92 Å². The van der Waals surface area contributed by atoms with Crippen LogP contribution in [-0.4, -0.2) is 35.7 Å². The molecule has 0 aliphatic heterocycles. The number of carboxylic acids is 1. The summed E-state index contributed by atoms with van der Waals surface area (Å²) in [6.45, 7) is 3.69. The van der Waals surface area contributed by atoms with E-state index in [0.717, 1.165) is 22.3 Å². The molecular formula is C27H26N2O5. The van der Waals surface area contributed by atoms with E-state index in [1.54, 1.807) is 19.9 Å². The molecule has 0 aromatic heterocycles. The quantitative estimate of drug-likeness (QED) is 0.465. The Morgan fingerprint density at radius 3 is 2.18 bits per heavy atom. The van der Waals surface area contributed by atoms with Gasteiger partial charge < -0.3 is 20.5 Å². The van der Waals surface area contributed by atoms with Crippen molar-refractivity contribution in [3.8, 4) is 11.1 Å². The van der Waals surface area contributed by atoms with Gasteiger partial charge in [-0.1, -0.05) is 61.5 Å². The van der Waals surface area contributed by atoms with E-state index in [0.29, 0.717) is 17.7 Å². The van der Waals surface area contributed by atoms with Crippen molar-refractivity contribution in [3.05, 3.63) is 89.0 Å². The van der Waals surface area contributed by atoms with Crippen LogP contribution in [0.2, 0.25) is 0 Å². The molecule has 2 amide bonds. The normalized spacial score (nSPS) is 12.9. The monoisotopic (exact) mass is 458 g/mol. The van der Waals surface area contributed by atoms with Crippen molar-refractivity contribution in [2.24, 2.45) is 0 Å². The van der Waals surface area contributed by atoms with Gasteiger partial charge in [-0.2, -0.15) is 0 Å². The molecule has 0 fully saturated rings. The van der Waals surface area contributed by atoms with E-state index >= 15 is 0 Å². The number of anilines is 1. The summed E-state index contributed by atoms with van der Waals surface area (Å²) in [4.78, 5) is 36.6. The van der Waals surface area contributed by atoms with Crippen molar-refractivity contribution in [1.29, 1.82) is 0 Å². The number of benzene rings is 3. The molecule has 0 spiro atoms. The van der Waals surface area contributed by atoms with Gasteiger partial charge in [-0.3, -0.25) is 4.79 Å². The fourth-order valence-electron chi connectivity index (χ4n) is 4.24. The van der Waals surface area contributed by atoms with E-state index in [1.807, 2.05) is 36.4 Å². The number of carboxylic acid groups (broad SMARTS) is 1. The third-order valence-electron chi connectivity index (χ3n) is 6.10. The molecule has 0 bridgehead atoms. The number of carbonyl (C=O) groups is 3. The molecule has 7 heteroatoms. The van der Waals surface area contributed by atoms with Gasteiger partial charge in [0.1, 0.15) is 12.6 Å². The Balaban J connectivity index is 1.40. The molecule has 0 saturated carbocycles. The zero-order valence-corrected chi connectivity index (χ0v) is 19.0. The first kappa shape index (κ1) is 23.0. The van der Waals surface area contributed by atoms with Crippen LogP contribution in [0.3, 0.4) is 0 Å². The lowest BCUT2D eigenvalue weighted by Crippen LogP contribution is -2.44. The number of fused-ring (bicyclic) bond motifs is 3. The van der Waals surface area contributed by atoms with Crippen molar-refractivity contribution in [1.82, 2.24) is 5.32 Å². The van der Waals surface area contributed by atoms with Crippen molar-refractivity contribution in [2.75, 3.05) is 11.9 Å². The second-order valence-electron chi connectivity index (χ2n) is 8.25. The largest absolute Gasteiger partial charge is 0.478 e. The highest BCUT2D eigenvalue weighted by atomic mass is 16.5. The number of rotatable bonds is 7. The van der Waals surface area contributed by atoms with Crippen molar-refractivity contribution in [2.45, 2.75) is 32.2 Å². The van der Waals surface area contributed by atoms with Gasteiger partial charge in [0.2, 0.25) is 5.91 Å². The number of nitrogens with one attached hydrogen (secondary N) is 2. The number of alkyl carbamates (subject to hydrolysis) is 1. The number of carbonyl (C=O) groups excluding carboxylic acids is 2. The van der Waals surface area contributed by atoms with Gasteiger partial charge in [-0.05, 0) is 53.3 Å². The SMILES string of the molecule is CCC(NC(=O)OCC1c2ccccc2-c2ccccc21)C(=O)Nc1cc(C(=O)O)ccc1C. The van der Waals surface area contributed by atoms with E-state index < -0.39 is 24.0 Å². The number of hydrogen-bond acceptors (Lipinski definition) is 4. The smallest absolute Gasteiger partial charge is 0.407 e. The average Bonchev–Trinajstić information content (AvgIpc) is 3.16. The Hall–Kier alpha value is -4.13. The summed E-state index contributed by atoms with van der Waals surface area (Å²) in [7, 11) is 0. The van der Waals surface area contributed by atoms with Crippen LogP contribution >= 0.6 is 0 Å². The minimum Gasteiger partial charge on any atom is -0.478 e. The molecule has 1 atom stereocenters. The standard InChI is InChI=1S/C27H26N2O5/c1-3-23(25(30)28-24-14-17(26(31)32)13-12-16(24)2)29-27(33)34-15-22-20-10-6-4-8-18(20)19-9-5-7-11-21(19)22/h4-14,22-23H,3,15H2,1-2H3,(H,28,30)(H,29,33)(H,31,32). The van der Waals surface area contributed by atoms with Gasteiger partial charge in [0.25, 0.3) is 0 Å². The Kier molecular flexibility index (Phi) is 6.63. The van der Waals surface area contributed by atoms with Crippen LogP contribution in [0.1, 0.15) is 46.3 Å². The van der Waals surface area contributed by atoms with E-state index in [9.17, 15) is 19.5 Å². The summed E-state index contributed by atoms with van der Waals surface area (Å²) < 4.78 is 5.54. The molecule has 3 aromatic rings. The molecule has 7 nitrogen and oxygen atoms in total. The Labute approximate surface area is 197 Å². The average molecular weight is 459 g/mol. The van der Waals surface area contributed by atoms with Crippen molar-refractivity contribution < 1.29 is 24.2 Å². The van der Waals surface area contributed by atoms with E-state index in [1.165, 1.54) is 12.1 Å². The van der Waals surface area contributed by atoms with Crippen molar-refractivity contribution >= 4 is 23.7 Å². The van der Waals surface area contributed by atoms with E-state index in [2.05, 4.69) is 22.8 Å². The van der Waals surface area contributed by atoms with Gasteiger partial charge in [-0.25, -0.2) is 9.59 Å². The fraction of sp³-hybridized carbons (Fsp3) is 0.222.